The lowest BCUT2D eigenvalue weighted by Crippen LogP contribution is -2.42. The topological polar surface area (TPSA) is 46.3 Å². The lowest BCUT2D eigenvalue weighted by molar-refractivity contribution is 0.0689. The second-order valence-electron chi connectivity index (χ2n) is 5.73. The maximum absolute atomic E-state index is 12.6. The van der Waals surface area contributed by atoms with E-state index in [-0.39, 0.29) is 5.91 Å². The molecule has 0 atom stereocenters. The number of hydrogen-bond acceptors (Lipinski definition) is 2. The van der Waals surface area contributed by atoms with Crippen molar-refractivity contribution in [2.75, 3.05) is 7.05 Å². The van der Waals surface area contributed by atoms with Gasteiger partial charge >= 0.3 is 0 Å². The van der Waals surface area contributed by atoms with Crippen LogP contribution in [0.5, 0.6) is 0 Å². The molecule has 0 bridgehead atoms. The zero-order valence-corrected chi connectivity index (χ0v) is 12.1. The van der Waals surface area contributed by atoms with Crippen molar-refractivity contribution in [3.63, 3.8) is 0 Å². The summed E-state index contributed by atoms with van der Waals surface area (Å²) in [6.07, 6.45) is 4.09. The molecular formula is C16H24N2O. The van der Waals surface area contributed by atoms with Crippen LogP contribution in [0.25, 0.3) is 0 Å². The summed E-state index contributed by atoms with van der Waals surface area (Å²) < 4.78 is 0. The summed E-state index contributed by atoms with van der Waals surface area (Å²) in [7, 11) is 1.92. The minimum Gasteiger partial charge on any atom is -0.339 e. The largest absolute Gasteiger partial charge is 0.339 e. The van der Waals surface area contributed by atoms with Gasteiger partial charge in [0.25, 0.3) is 5.91 Å². The molecule has 0 unspecified atom stereocenters. The molecule has 2 rings (SSSR count). The molecule has 3 heteroatoms. The molecule has 1 aromatic rings. The third kappa shape index (κ3) is 2.98. The molecule has 0 saturated heterocycles. The first-order chi connectivity index (χ1) is 9.00. The Morgan fingerprint density at radius 1 is 1.21 bits per heavy atom. The smallest absolute Gasteiger partial charge is 0.254 e. The number of nitrogens with two attached hydrogens (primary N) is 1. The molecule has 19 heavy (non-hydrogen) atoms. The molecule has 1 aromatic carbocycles. The van der Waals surface area contributed by atoms with E-state index in [0.717, 1.165) is 36.8 Å². The van der Waals surface area contributed by atoms with Crippen LogP contribution in [0.1, 0.15) is 47.2 Å². The second-order valence-corrected chi connectivity index (χ2v) is 5.73. The Balaban J connectivity index is 2.13. The van der Waals surface area contributed by atoms with Crippen molar-refractivity contribution in [2.24, 2.45) is 5.73 Å². The van der Waals surface area contributed by atoms with E-state index in [1.807, 2.05) is 44.0 Å². The van der Waals surface area contributed by atoms with Crippen molar-refractivity contribution in [2.45, 2.75) is 51.6 Å². The Kier molecular flexibility index (Phi) is 4.25. The van der Waals surface area contributed by atoms with Gasteiger partial charge in [-0.15, -0.1) is 0 Å². The first kappa shape index (κ1) is 14.1. The summed E-state index contributed by atoms with van der Waals surface area (Å²) in [5.41, 5.74) is 9.02. The molecule has 0 aromatic heterocycles. The van der Waals surface area contributed by atoms with Gasteiger partial charge in [0.05, 0.1) is 0 Å². The Morgan fingerprint density at radius 3 is 2.47 bits per heavy atom. The minimum atomic E-state index is 0.140. The molecule has 0 aliphatic heterocycles. The number of aryl methyl sites for hydroxylation is 1. The highest BCUT2D eigenvalue weighted by Gasteiger charge is 2.26. The predicted octanol–water partition coefficient (Wildman–Crippen LogP) is 2.65. The Bertz CT molecular complexity index is 462. The van der Waals surface area contributed by atoms with E-state index < -0.39 is 0 Å². The van der Waals surface area contributed by atoms with Crippen molar-refractivity contribution in [1.29, 1.82) is 0 Å². The normalized spacial score (nSPS) is 23.2. The van der Waals surface area contributed by atoms with Crippen molar-refractivity contribution in [1.82, 2.24) is 4.90 Å². The minimum absolute atomic E-state index is 0.140. The standard InChI is InChI=1S/C16H24N2O/c1-11-5-4-6-15(12(11)2)16(19)18(3)14-9-7-13(17)8-10-14/h4-6,13-14H,7-10,17H2,1-3H3. The highest BCUT2D eigenvalue weighted by atomic mass is 16.2. The van der Waals surface area contributed by atoms with Crippen LogP contribution in [0.3, 0.4) is 0 Å². The summed E-state index contributed by atoms with van der Waals surface area (Å²) in [6.45, 7) is 4.07. The van der Waals surface area contributed by atoms with E-state index in [1.165, 1.54) is 5.56 Å². The number of benzene rings is 1. The molecule has 3 nitrogen and oxygen atoms in total. The average Bonchev–Trinajstić information content (AvgIpc) is 2.41. The summed E-state index contributed by atoms with van der Waals surface area (Å²) in [5.74, 6) is 0.140. The van der Waals surface area contributed by atoms with Crippen LogP contribution in [-0.4, -0.2) is 29.9 Å². The van der Waals surface area contributed by atoms with Crippen LogP contribution in [0.4, 0.5) is 0 Å². The molecule has 2 N–H and O–H groups in total. The fourth-order valence-electron chi connectivity index (χ4n) is 2.83. The zero-order valence-electron chi connectivity index (χ0n) is 12.1. The van der Waals surface area contributed by atoms with Gasteiger partial charge in [-0.05, 0) is 56.7 Å². The Labute approximate surface area is 115 Å². The summed E-state index contributed by atoms with van der Waals surface area (Å²) in [6, 6.07) is 6.59. The lowest BCUT2D eigenvalue weighted by atomic mass is 9.90. The average molecular weight is 260 g/mol. The molecule has 1 amide bonds. The number of carbonyl (C=O) groups is 1. The van der Waals surface area contributed by atoms with Crippen molar-refractivity contribution >= 4 is 5.91 Å². The fraction of sp³-hybridized carbons (Fsp3) is 0.562. The number of nitrogens with zero attached hydrogens (tertiary/aromatic N) is 1. The maximum Gasteiger partial charge on any atom is 0.254 e. The molecule has 1 saturated carbocycles. The first-order valence-electron chi connectivity index (χ1n) is 7.09. The molecule has 0 radical (unpaired) electrons. The van der Waals surface area contributed by atoms with Crippen LogP contribution >= 0.6 is 0 Å². The molecule has 0 heterocycles. The Morgan fingerprint density at radius 2 is 1.84 bits per heavy atom. The van der Waals surface area contributed by atoms with Crippen LogP contribution in [0, 0.1) is 13.8 Å². The second kappa shape index (κ2) is 5.74. The maximum atomic E-state index is 12.6. The first-order valence-corrected chi connectivity index (χ1v) is 7.09. The van der Waals surface area contributed by atoms with Gasteiger partial charge in [0.2, 0.25) is 0 Å². The Hall–Kier alpha value is -1.35. The van der Waals surface area contributed by atoms with Crippen molar-refractivity contribution in [3.8, 4) is 0 Å². The van der Waals surface area contributed by atoms with E-state index >= 15 is 0 Å². The van der Waals surface area contributed by atoms with Gasteiger partial charge in [0.1, 0.15) is 0 Å². The summed E-state index contributed by atoms with van der Waals surface area (Å²) in [4.78, 5) is 14.5. The van der Waals surface area contributed by atoms with Gasteiger partial charge in [-0.3, -0.25) is 4.79 Å². The molecule has 1 aliphatic rings. The quantitative estimate of drug-likeness (QED) is 0.888. The fourth-order valence-corrected chi connectivity index (χ4v) is 2.83. The van der Waals surface area contributed by atoms with Crippen LogP contribution in [-0.2, 0) is 0 Å². The lowest BCUT2D eigenvalue weighted by Gasteiger charge is -2.33. The highest BCUT2D eigenvalue weighted by Crippen LogP contribution is 2.23. The third-order valence-electron chi connectivity index (χ3n) is 4.44. The van der Waals surface area contributed by atoms with E-state index in [2.05, 4.69) is 0 Å². The number of rotatable bonds is 2. The van der Waals surface area contributed by atoms with E-state index in [0.29, 0.717) is 12.1 Å². The van der Waals surface area contributed by atoms with Gasteiger partial charge in [-0.25, -0.2) is 0 Å². The molecule has 1 aliphatic carbocycles. The predicted molar refractivity (Wildman–Crippen MR) is 78.2 cm³/mol. The molecule has 104 valence electrons. The van der Waals surface area contributed by atoms with E-state index in [9.17, 15) is 4.79 Å². The number of amides is 1. The van der Waals surface area contributed by atoms with Gasteiger partial charge in [0.15, 0.2) is 0 Å². The highest BCUT2D eigenvalue weighted by molar-refractivity contribution is 5.96. The van der Waals surface area contributed by atoms with Crippen LogP contribution < -0.4 is 5.73 Å². The third-order valence-corrected chi connectivity index (χ3v) is 4.44. The monoisotopic (exact) mass is 260 g/mol. The van der Waals surface area contributed by atoms with Crippen LogP contribution in [0.2, 0.25) is 0 Å². The number of carbonyl (C=O) groups excluding carboxylic acids is 1. The van der Waals surface area contributed by atoms with Gasteiger partial charge in [-0.1, -0.05) is 12.1 Å². The number of hydrogen-bond donors (Lipinski definition) is 1. The molecular weight excluding hydrogens is 236 g/mol. The van der Waals surface area contributed by atoms with Gasteiger partial charge in [-0.2, -0.15) is 0 Å². The van der Waals surface area contributed by atoms with Gasteiger partial charge < -0.3 is 10.6 Å². The zero-order chi connectivity index (χ0) is 14.0. The molecule has 0 spiro atoms. The van der Waals surface area contributed by atoms with Crippen molar-refractivity contribution in [3.05, 3.63) is 34.9 Å². The van der Waals surface area contributed by atoms with Gasteiger partial charge in [0, 0.05) is 24.7 Å². The summed E-state index contributed by atoms with van der Waals surface area (Å²) >= 11 is 0. The van der Waals surface area contributed by atoms with E-state index in [1.54, 1.807) is 0 Å². The SMILES string of the molecule is Cc1cccc(C(=O)N(C)C2CCC(N)CC2)c1C. The summed E-state index contributed by atoms with van der Waals surface area (Å²) in [5, 5.41) is 0. The van der Waals surface area contributed by atoms with Crippen molar-refractivity contribution < 1.29 is 4.79 Å². The van der Waals surface area contributed by atoms with Crippen LogP contribution in [0.15, 0.2) is 18.2 Å². The molecule has 1 fully saturated rings. The van der Waals surface area contributed by atoms with E-state index in [4.69, 9.17) is 5.73 Å².